The fourth-order valence-corrected chi connectivity index (χ4v) is 1.91. The number of nitrogens with zero attached hydrogens (tertiary/aromatic N) is 1. The van der Waals surface area contributed by atoms with Crippen LogP contribution in [0, 0.1) is 11.6 Å². The third-order valence-electron chi connectivity index (χ3n) is 2.38. The normalized spacial score (nSPS) is 12.5. The zero-order valence-electron chi connectivity index (χ0n) is 8.70. The zero-order valence-corrected chi connectivity index (χ0v) is 10.3. The smallest absolute Gasteiger partial charge is 0.131 e. The van der Waals surface area contributed by atoms with Crippen LogP contribution in [0.2, 0.25) is 0 Å². The van der Waals surface area contributed by atoms with Gasteiger partial charge < -0.3 is 5.73 Å². The monoisotopic (exact) mass is 298 g/mol. The molecule has 0 aliphatic carbocycles. The second kappa shape index (κ2) is 4.89. The highest BCUT2D eigenvalue weighted by molar-refractivity contribution is 9.10. The van der Waals surface area contributed by atoms with E-state index in [4.69, 9.17) is 5.73 Å². The summed E-state index contributed by atoms with van der Waals surface area (Å²) in [6, 6.07) is 4.43. The molecule has 2 aromatic rings. The molecule has 0 aliphatic rings. The van der Waals surface area contributed by atoms with E-state index in [1.807, 2.05) is 0 Å². The third kappa shape index (κ3) is 2.68. The Morgan fingerprint density at radius 3 is 2.59 bits per heavy atom. The highest BCUT2D eigenvalue weighted by atomic mass is 79.9. The Hall–Kier alpha value is -1.33. The Bertz CT molecular complexity index is 546. The number of hydrogen-bond acceptors (Lipinski definition) is 2. The van der Waals surface area contributed by atoms with Crippen LogP contribution in [0.25, 0.3) is 0 Å². The maximum Gasteiger partial charge on any atom is 0.131 e. The first kappa shape index (κ1) is 12.1. The Morgan fingerprint density at radius 1 is 1.18 bits per heavy atom. The molecule has 2 nitrogen and oxygen atoms in total. The lowest BCUT2D eigenvalue weighted by Crippen LogP contribution is -2.14. The van der Waals surface area contributed by atoms with Crippen LogP contribution in [-0.4, -0.2) is 4.98 Å². The molecule has 1 unspecified atom stereocenters. The number of aromatic nitrogens is 1. The fraction of sp³-hybridized carbons (Fsp3) is 0.0833. The van der Waals surface area contributed by atoms with Crippen molar-refractivity contribution >= 4 is 15.9 Å². The minimum absolute atomic E-state index is 0.242. The highest BCUT2D eigenvalue weighted by Gasteiger charge is 2.14. The first-order valence-corrected chi connectivity index (χ1v) is 5.68. The van der Waals surface area contributed by atoms with E-state index >= 15 is 0 Å². The van der Waals surface area contributed by atoms with E-state index in [1.54, 1.807) is 18.5 Å². The van der Waals surface area contributed by atoms with E-state index in [9.17, 15) is 8.78 Å². The molecule has 1 heterocycles. The van der Waals surface area contributed by atoms with Crippen LogP contribution in [0.3, 0.4) is 0 Å². The van der Waals surface area contributed by atoms with Crippen LogP contribution in [0.4, 0.5) is 8.78 Å². The van der Waals surface area contributed by atoms with Crippen LogP contribution < -0.4 is 5.73 Å². The predicted octanol–water partition coefficient (Wildman–Crippen LogP) is 3.17. The Balaban J connectivity index is 2.40. The fourth-order valence-electron chi connectivity index (χ4n) is 1.53. The molecule has 1 aromatic carbocycles. The SMILES string of the molecule is NC(c1cncc(Br)c1)c1ccc(F)cc1F. The van der Waals surface area contributed by atoms with Crippen LogP contribution >= 0.6 is 15.9 Å². The van der Waals surface area contributed by atoms with Gasteiger partial charge in [-0.3, -0.25) is 4.98 Å². The quantitative estimate of drug-likeness (QED) is 0.925. The Morgan fingerprint density at radius 2 is 1.94 bits per heavy atom. The number of benzene rings is 1. The first-order valence-electron chi connectivity index (χ1n) is 4.89. The summed E-state index contributed by atoms with van der Waals surface area (Å²) in [6.45, 7) is 0. The first-order chi connectivity index (χ1) is 8.08. The van der Waals surface area contributed by atoms with Crippen molar-refractivity contribution in [3.05, 3.63) is 63.9 Å². The molecule has 0 spiro atoms. The Labute approximate surface area is 106 Å². The molecule has 0 bridgehead atoms. The summed E-state index contributed by atoms with van der Waals surface area (Å²) in [7, 11) is 0. The van der Waals surface area contributed by atoms with Gasteiger partial charge in [-0.2, -0.15) is 0 Å². The minimum Gasteiger partial charge on any atom is -0.320 e. The molecule has 0 radical (unpaired) electrons. The maximum atomic E-state index is 13.5. The summed E-state index contributed by atoms with van der Waals surface area (Å²) in [6.07, 6.45) is 3.16. The van der Waals surface area contributed by atoms with Gasteiger partial charge in [0.15, 0.2) is 0 Å². The number of pyridine rings is 1. The van der Waals surface area contributed by atoms with Crippen molar-refractivity contribution in [2.45, 2.75) is 6.04 Å². The highest BCUT2D eigenvalue weighted by Crippen LogP contribution is 2.24. The molecule has 2 rings (SSSR count). The van der Waals surface area contributed by atoms with E-state index < -0.39 is 17.7 Å². The molecule has 0 fully saturated rings. The van der Waals surface area contributed by atoms with Crippen molar-refractivity contribution in [1.29, 1.82) is 0 Å². The number of hydrogen-bond donors (Lipinski definition) is 1. The van der Waals surface area contributed by atoms with E-state index in [0.717, 1.165) is 10.5 Å². The summed E-state index contributed by atoms with van der Waals surface area (Å²) >= 11 is 3.26. The van der Waals surface area contributed by atoms with Gasteiger partial charge in [0.1, 0.15) is 11.6 Å². The van der Waals surface area contributed by atoms with Gasteiger partial charge in [-0.1, -0.05) is 6.07 Å². The van der Waals surface area contributed by atoms with Gasteiger partial charge >= 0.3 is 0 Å². The molecule has 5 heteroatoms. The van der Waals surface area contributed by atoms with Gasteiger partial charge in [0.2, 0.25) is 0 Å². The molecular weight excluding hydrogens is 290 g/mol. The van der Waals surface area contributed by atoms with E-state index in [2.05, 4.69) is 20.9 Å². The van der Waals surface area contributed by atoms with Crippen molar-refractivity contribution in [3.63, 3.8) is 0 Å². The van der Waals surface area contributed by atoms with Crippen LogP contribution in [0.15, 0.2) is 41.1 Å². The average Bonchev–Trinajstić information content (AvgIpc) is 2.28. The third-order valence-corrected chi connectivity index (χ3v) is 2.82. The predicted molar refractivity (Wildman–Crippen MR) is 64.3 cm³/mol. The summed E-state index contributed by atoms with van der Waals surface area (Å²) in [5.74, 6) is -1.27. The molecule has 0 aliphatic heterocycles. The minimum atomic E-state index is -0.666. The average molecular weight is 299 g/mol. The van der Waals surface area contributed by atoms with Crippen molar-refractivity contribution in [1.82, 2.24) is 4.98 Å². The molecule has 88 valence electrons. The molecule has 1 atom stereocenters. The van der Waals surface area contributed by atoms with Gasteiger partial charge in [0.25, 0.3) is 0 Å². The summed E-state index contributed by atoms with van der Waals surface area (Å²) in [4.78, 5) is 3.95. The molecular formula is C12H9BrF2N2. The number of halogens is 3. The lowest BCUT2D eigenvalue weighted by Gasteiger charge is -2.13. The number of nitrogens with two attached hydrogens (primary N) is 1. The molecule has 0 saturated carbocycles. The largest absolute Gasteiger partial charge is 0.320 e. The van der Waals surface area contributed by atoms with Crippen molar-refractivity contribution < 1.29 is 8.78 Å². The van der Waals surface area contributed by atoms with Gasteiger partial charge in [-0.05, 0) is 33.6 Å². The molecule has 0 amide bonds. The van der Waals surface area contributed by atoms with Crippen molar-refractivity contribution in [3.8, 4) is 0 Å². The van der Waals surface area contributed by atoms with Crippen LogP contribution in [0.1, 0.15) is 17.2 Å². The van der Waals surface area contributed by atoms with Crippen LogP contribution in [-0.2, 0) is 0 Å². The van der Waals surface area contributed by atoms with Gasteiger partial charge in [-0.25, -0.2) is 8.78 Å². The van der Waals surface area contributed by atoms with Gasteiger partial charge in [0.05, 0.1) is 6.04 Å². The summed E-state index contributed by atoms with van der Waals surface area (Å²) < 4.78 is 27.1. The standard InChI is InChI=1S/C12H9BrF2N2/c13-8-3-7(5-17-6-8)12(16)10-2-1-9(14)4-11(10)15/h1-6,12H,16H2. The molecule has 2 N–H and O–H groups in total. The second-order valence-electron chi connectivity index (χ2n) is 3.58. The molecule has 0 saturated heterocycles. The zero-order chi connectivity index (χ0) is 12.4. The maximum absolute atomic E-state index is 13.5. The van der Waals surface area contributed by atoms with Crippen molar-refractivity contribution in [2.75, 3.05) is 0 Å². The molecule has 17 heavy (non-hydrogen) atoms. The van der Waals surface area contributed by atoms with Gasteiger partial charge in [-0.15, -0.1) is 0 Å². The number of rotatable bonds is 2. The second-order valence-corrected chi connectivity index (χ2v) is 4.50. The van der Waals surface area contributed by atoms with E-state index in [1.165, 1.54) is 12.1 Å². The van der Waals surface area contributed by atoms with E-state index in [0.29, 0.717) is 5.56 Å². The summed E-state index contributed by atoms with van der Waals surface area (Å²) in [5.41, 5.74) is 6.81. The van der Waals surface area contributed by atoms with Gasteiger partial charge in [0, 0.05) is 28.5 Å². The topological polar surface area (TPSA) is 38.9 Å². The lowest BCUT2D eigenvalue weighted by atomic mass is 10.0. The van der Waals surface area contributed by atoms with Crippen molar-refractivity contribution in [2.24, 2.45) is 5.73 Å². The molecule has 1 aromatic heterocycles. The summed E-state index contributed by atoms with van der Waals surface area (Å²) in [5, 5.41) is 0. The van der Waals surface area contributed by atoms with E-state index in [-0.39, 0.29) is 5.56 Å². The lowest BCUT2D eigenvalue weighted by molar-refractivity contribution is 0.565. The van der Waals surface area contributed by atoms with Crippen LogP contribution in [0.5, 0.6) is 0 Å². The Kier molecular flexibility index (Phi) is 3.49.